The van der Waals surface area contributed by atoms with Gasteiger partial charge in [-0.15, -0.1) is 0 Å². The zero-order chi connectivity index (χ0) is 11.4. The van der Waals surface area contributed by atoms with Crippen molar-refractivity contribution in [1.82, 2.24) is 0 Å². The lowest BCUT2D eigenvalue weighted by molar-refractivity contribution is -0.105. The van der Waals surface area contributed by atoms with E-state index < -0.39 is 0 Å². The van der Waals surface area contributed by atoms with Crippen LogP contribution >= 0.6 is 11.6 Å². The molecule has 1 N–H and O–H groups in total. The third-order valence-corrected chi connectivity index (χ3v) is 2.52. The molecule has 0 aliphatic heterocycles. The van der Waals surface area contributed by atoms with E-state index in [0.29, 0.717) is 11.4 Å². The van der Waals surface area contributed by atoms with Crippen LogP contribution in [0, 0.1) is 0 Å². The largest absolute Gasteiger partial charge is 0.329 e. The Balaban J connectivity index is 2.36. The lowest BCUT2D eigenvalue weighted by Crippen LogP contribution is -1.93. The first-order valence-electron chi connectivity index (χ1n) is 4.86. The van der Waals surface area contributed by atoms with E-state index in [1.54, 1.807) is 0 Å². The van der Waals surface area contributed by atoms with Crippen molar-refractivity contribution >= 4 is 23.7 Å². The van der Waals surface area contributed by atoms with Crippen LogP contribution in [0.15, 0.2) is 48.5 Å². The second kappa shape index (κ2) is 4.81. The van der Waals surface area contributed by atoms with Gasteiger partial charge in [0.05, 0.1) is 0 Å². The van der Waals surface area contributed by atoms with E-state index in [9.17, 15) is 4.79 Å². The van der Waals surface area contributed by atoms with Crippen LogP contribution in [0.2, 0.25) is 5.02 Å². The normalized spacial score (nSPS) is 9.81. The van der Waals surface area contributed by atoms with Gasteiger partial charge in [-0.1, -0.05) is 35.9 Å². The number of hydrogen-bond acceptors (Lipinski definition) is 1. The number of halogens is 1. The molecule has 2 aromatic rings. The van der Waals surface area contributed by atoms with E-state index in [1.165, 1.54) is 0 Å². The molecule has 0 spiro atoms. The minimum atomic E-state index is 0.668. The highest BCUT2D eigenvalue weighted by Crippen LogP contribution is 2.23. The maximum atomic E-state index is 10.3. The third kappa shape index (κ3) is 2.41. The molecule has 0 saturated heterocycles. The summed E-state index contributed by atoms with van der Waals surface area (Å²) in [7, 11) is 0. The fourth-order valence-electron chi connectivity index (χ4n) is 1.50. The number of carbonyl (C=O) groups is 1. The molecule has 16 heavy (non-hydrogen) atoms. The molecular formula is C13H10ClNO. The minimum absolute atomic E-state index is 0.668. The summed E-state index contributed by atoms with van der Waals surface area (Å²) in [6.45, 7) is 0. The fourth-order valence-corrected chi connectivity index (χ4v) is 1.62. The molecule has 0 aliphatic carbocycles. The van der Waals surface area contributed by atoms with Crippen LogP contribution in [0.25, 0.3) is 11.1 Å². The number of amides is 1. The molecule has 80 valence electrons. The van der Waals surface area contributed by atoms with Crippen LogP contribution in [0.4, 0.5) is 5.69 Å². The first kappa shape index (κ1) is 10.7. The van der Waals surface area contributed by atoms with E-state index in [0.717, 1.165) is 16.8 Å². The van der Waals surface area contributed by atoms with Gasteiger partial charge in [0.15, 0.2) is 0 Å². The van der Waals surface area contributed by atoms with E-state index in [4.69, 9.17) is 11.6 Å². The Morgan fingerprint density at radius 3 is 2.44 bits per heavy atom. The van der Waals surface area contributed by atoms with Crippen LogP contribution in [0.5, 0.6) is 0 Å². The summed E-state index contributed by atoms with van der Waals surface area (Å²) in [5.41, 5.74) is 2.89. The number of carbonyl (C=O) groups excluding carboxylic acids is 1. The molecule has 0 aromatic heterocycles. The molecule has 0 fully saturated rings. The average Bonchev–Trinajstić information content (AvgIpc) is 2.31. The Bertz CT molecular complexity index is 494. The van der Waals surface area contributed by atoms with Gasteiger partial charge in [0, 0.05) is 10.7 Å². The maximum absolute atomic E-state index is 10.3. The predicted molar refractivity (Wildman–Crippen MR) is 66.6 cm³/mol. The average molecular weight is 232 g/mol. The molecule has 0 aliphatic rings. The fraction of sp³-hybridized carbons (Fsp3) is 0. The zero-order valence-corrected chi connectivity index (χ0v) is 9.24. The molecule has 2 nitrogen and oxygen atoms in total. The minimum Gasteiger partial charge on any atom is -0.329 e. The van der Waals surface area contributed by atoms with Crippen LogP contribution in [0.3, 0.4) is 0 Å². The van der Waals surface area contributed by atoms with Crippen LogP contribution < -0.4 is 5.32 Å². The number of nitrogens with one attached hydrogen (secondary N) is 1. The lowest BCUT2D eigenvalue weighted by Gasteiger charge is -2.04. The molecule has 0 unspecified atom stereocenters. The summed E-state index contributed by atoms with van der Waals surface area (Å²) in [5, 5.41) is 3.34. The quantitative estimate of drug-likeness (QED) is 0.804. The second-order valence-electron chi connectivity index (χ2n) is 3.35. The van der Waals surface area contributed by atoms with Gasteiger partial charge in [-0.25, -0.2) is 0 Å². The monoisotopic (exact) mass is 231 g/mol. The molecule has 1 amide bonds. The van der Waals surface area contributed by atoms with Crippen molar-refractivity contribution in [3.8, 4) is 11.1 Å². The SMILES string of the molecule is O=CNc1cccc(-c2ccc(Cl)cc2)c1. The number of hydrogen-bond donors (Lipinski definition) is 1. The van der Waals surface area contributed by atoms with Gasteiger partial charge >= 0.3 is 0 Å². The van der Waals surface area contributed by atoms with Gasteiger partial charge in [-0.3, -0.25) is 4.79 Å². The molecule has 0 heterocycles. The Labute approximate surface area is 98.9 Å². The molecule has 0 saturated carbocycles. The van der Waals surface area contributed by atoms with E-state index in [-0.39, 0.29) is 0 Å². The smallest absolute Gasteiger partial charge is 0.211 e. The van der Waals surface area contributed by atoms with Crippen molar-refractivity contribution in [3.05, 3.63) is 53.6 Å². The summed E-state index contributed by atoms with van der Waals surface area (Å²) >= 11 is 5.82. The summed E-state index contributed by atoms with van der Waals surface area (Å²) in [4.78, 5) is 10.3. The molecular weight excluding hydrogens is 222 g/mol. The number of benzene rings is 2. The Kier molecular flexibility index (Phi) is 3.22. The van der Waals surface area contributed by atoms with Crippen molar-refractivity contribution in [2.24, 2.45) is 0 Å². The highest BCUT2D eigenvalue weighted by Gasteiger charge is 1.98. The van der Waals surface area contributed by atoms with Gasteiger partial charge in [-0.05, 0) is 35.4 Å². The van der Waals surface area contributed by atoms with E-state index >= 15 is 0 Å². The predicted octanol–water partition coefficient (Wildman–Crippen LogP) is 3.58. The summed E-state index contributed by atoms with van der Waals surface area (Å²) in [6.07, 6.45) is 0.668. The van der Waals surface area contributed by atoms with Gasteiger partial charge in [0.25, 0.3) is 0 Å². The van der Waals surface area contributed by atoms with E-state index in [1.807, 2.05) is 48.5 Å². The molecule has 0 radical (unpaired) electrons. The summed E-state index contributed by atoms with van der Waals surface area (Å²) in [5.74, 6) is 0. The van der Waals surface area contributed by atoms with Crippen LogP contribution in [-0.2, 0) is 4.79 Å². The molecule has 0 atom stereocenters. The van der Waals surface area contributed by atoms with Crippen LogP contribution in [-0.4, -0.2) is 6.41 Å². The Morgan fingerprint density at radius 2 is 1.75 bits per heavy atom. The standard InChI is InChI=1S/C13H10ClNO/c14-12-6-4-10(5-7-12)11-2-1-3-13(8-11)15-9-16/h1-9H,(H,15,16). The van der Waals surface area contributed by atoms with Gasteiger partial charge < -0.3 is 5.32 Å². The van der Waals surface area contributed by atoms with Crippen molar-refractivity contribution < 1.29 is 4.79 Å². The van der Waals surface area contributed by atoms with Gasteiger partial charge in [0.2, 0.25) is 6.41 Å². The van der Waals surface area contributed by atoms with Crippen LogP contribution in [0.1, 0.15) is 0 Å². The van der Waals surface area contributed by atoms with Crippen molar-refractivity contribution in [2.45, 2.75) is 0 Å². The second-order valence-corrected chi connectivity index (χ2v) is 3.79. The highest BCUT2D eigenvalue weighted by molar-refractivity contribution is 6.30. The zero-order valence-electron chi connectivity index (χ0n) is 8.48. The molecule has 0 bridgehead atoms. The van der Waals surface area contributed by atoms with Gasteiger partial charge in [0.1, 0.15) is 0 Å². The third-order valence-electron chi connectivity index (χ3n) is 2.27. The maximum Gasteiger partial charge on any atom is 0.211 e. The summed E-state index contributed by atoms with van der Waals surface area (Å²) in [6, 6.07) is 15.2. The molecule has 3 heteroatoms. The molecule has 2 rings (SSSR count). The number of anilines is 1. The molecule has 2 aromatic carbocycles. The van der Waals surface area contributed by atoms with Crippen molar-refractivity contribution in [2.75, 3.05) is 5.32 Å². The number of rotatable bonds is 3. The van der Waals surface area contributed by atoms with E-state index in [2.05, 4.69) is 5.32 Å². The lowest BCUT2D eigenvalue weighted by atomic mass is 10.1. The Morgan fingerprint density at radius 1 is 1.00 bits per heavy atom. The Hall–Kier alpha value is -1.80. The van der Waals surface area contributed by atoms with Crippen molar-refractivity contribution in [1.29, 1.82) is 0 Å². The highest BCUT2D eigenvalue weighted by atomic mass is 35.5. The first-order chi connectivity index (χ1) is 7.79. The first-order valence-corrected chi connectivity index (χ1v) is 5.23. The van der Waals surface area contributed by atoms with Crippen molar-refractivity contribution in [3.63, 3.8) is 0 Å². The summed E-state index contributed by atoms with van der Waals surface area (Å²) < 4.78 is 0. The van der Waals surface area contributed by atoms with Gasteiger partial charge in [-0.2, -0.15) is 0 Å². The topological polar surface area (TPSA) is 29.1 Å².